The van der Waals surface area contributed by atoms with Crippen LogP contribution < -0.4 is 0 Å². The van der Waals surface area contributed by atoms with Gasteiger partial charge < -0.3 is 0 Å². The zero-order valence-electron chi connectivity index (χ0n) is 10.3. The molecule has 0 aliphatic carbocycles. The quantitative estimate of drug-likeness (QED) is 0.534. The SMILES string of the molecule is CCCCCCC(=O)C(CC)C(C)C. The minimum Gasteiger partial charge on any atom is -0.299 e. The molecule has 1 unspecified atom stereocenters. The minimum absolute atomic E-state index is 0.302. The molecule has 1 heteroatoms. The molecule has 0 aromatic heterocycles. The van der Waals surface area contributed by atoms with E-state index in [-0.39, 0.29) is 0 Å². The Labute approximate surface area is 89.3 Å². The second-order valence-corrected chi connectivity index (χ2v) is 4.54. The molecule has 0 amide bonds. The Balaban J connectivity index is 3.70. The number of rotatable bonds is 8. The van der Waals surface area contributed by atoms with Crippen molar-refractivity contribution in [2.45, 2.75) is 66.2 Å². The Hall–Kier alpha value is -0.330. The van der Waals surface area contributed by atoms with Crippen LogP contribution in [0.15, 0.2) is 0 Å². The second kappa shape index (κ2) is 8.02. The Morgan fingerprint density at radius 3 is 2.14 bits per heavy atom. The standard InChI is InChI=1S/C13H26O/c1-5-7-8-9-10-13(14)12(6-2)11(3)4/h11-12H,5-10H2,1-4H3. The van der Waals surface area contributed by atoms with Crippen LogP contribution in [0.5, 0.6) is 0 Å². The van der Waals surface area contributed by atoms with Crippen LogP contribution in [0, 0.1) is 11.8 Å². The van der Waals surface area contributed by atoms with Gasteiger partial charge in [0.05, 0.1) is 0 Å². The van der Waals surface area contributed by atoms with Gasteiger partial charge in [-0.15, -0.1) is 0 Å². The van der Waals surface area contributed by atoms with Crippen molar-refractivity contribution >= 4 is 5.78 Å². The highest BCUT2D eigenvalue weighted by Gasteiger charge is 2.18. The van der Waals surface area contributed by atoms with Crippen molar-refractivity contribution in [3.05, 3.63) is 0 Å². The van der Waals surface area contributed by atoms with E-state index in [0.29, 0.717) is 17.6 Å². The predicted octanol–water partition coefficient (Wildman–Crippen LogP) is 4.21. The molecule has 0 aliphatic rings. The number of Topliss-reactive ketones (excluding diaryl/α,β-unsaturated/α-hetero) is 1. The van der Waals surface area contributed by atoms with Gasteiger partial charge >= 0.3 is 0 Å². The summed E-state index contributed by atoms with van der Waals surface area (Å²) in [6, 6.07) is 0. The fourth-order valence-corrected chi connectivity index (χ4v) is 1.98. The third kappa shape index (κ3) is 5.41. The monoisotopic (exact) mass is 198 g/mol. The molecule has 0 N–H and O–H groups in total. The van der Waals surface area contributed by atoms with Crippen LogP contribution in [0.4, 0.5) is 0 Å². The third-order valence-electron chi connectivity index (χ3n) is 2.93. The lowest BCUT2D eigenvalue weighted by Crippen LogP contribution is -2.19. The van der Waals surface area contributed by atoms with Crippen LogP contribution >= 0.6 is 0 Å². The second-order valence-electron chi connectivity index (χ2n) is 4.54. The van der Waals surface area contributed by atoms with E-state index in [1.807, 2.05) is 0 Å². The molecule has 0 spiro atoms. The first-order valence-electron chi connectivity index (χ1n) is 6.16. The molecule has 0 saturated heterocycles. The maximum absolute atomic E-state index is 11.8. The van der Waals surface area contributed by atoms with Gasteiger partial charge in [0, 0.05) is 12.3 Å². The molecule has 1 nitrogen and oxygen atoms in total. The molecule has 0 aromatic carbocycles. The fourth-order valence-electron chi connectivity index (χ4n) is 1.98. The molecule has 0 rings (SSSR count). The average molecular weight is 198 g/mol. The van der Waals surface area contributed by atoms with Gasteiger partial charge in [-0.1, -0.05) is 47.0 Å². The van der Waals surface area contributed by atoms with E-state index < -0.39 is 0 Å². The maximum atomic E-state index is 11.8. The smallest absolute Gasteiger partial charge is 0.136 e. The number of carbonyl (C=O) groups is 1. The van der Waals surface area contributed by atoms with Crippen LogP contribution in [0.2, 0.25) is 0 Å². The third-order valence-corrected chi connectivity index (χ3v) is 2.93. The zero-order valence-corrected chi connectivity index (χ0v) is 10.3. The van der Waals surface area contributed by atoms with E-state index in [9.17, 15) is 4.79 Å². The summed E-state index contributed by atoms with van der Waals surface area (Å²) in [5.41, 5.74) is 0. The van der Waals surface area contributed by atoms with Gasteiger partial charge in [-0.25, -0.2) is 0 Å². The van der Waals surface area contributed by atoms with E-state index in [1.165, 1.54) is 19.3 Å². The number of hydrogen-bond donors (Lipinski definition) is 0. The van der Waals surface area contributed by atoms with Crippen LogP contribution in [0.3, 0.4) is 0 Å². The molecule has 1 atom stereocenters. The molecule has 0 radical (unpaired) electrons. The summed E-state index contributed by atoms with van der Waals surface area (Å²) < 4.78 is 0. The van der Waals surface area contributed by atoms with E-state index in [4.69, 9.17) is 0 Å². The van der Waals surface area contributed by atoms with Crippen molar-refractivity contribution in [2.24, 2.45) is 11.8 Å². The summed E-state index contributed by atoms with van der Waals surface area (Å²) in [6.45, 7) is 8.62. The molecule has 0 aromatic rings. The average Bonchev–Trinajstić information content (AvgIpc) is 2.13. The minimum atomic E-state index is 0.302. The highest BCUT2D eigenvalue weighted by atomic mass is 16.1. The summed E-state index contributed by atoms with van der Waals surface area (Å²) in [6.07, 6.45) is 6.63. The highest BCUT2D eigenvalue weighted by molar-refractivity contribution is 5.81. The molecule has 0 saturated carbocycles. The Kier molecular flexibility index (Phi) is 7.83. The first-order valence-corrected chi connectivity index (χ1v) is 6.16. The van der Waals surface area contributed by atoms with Gasteiger partial charge in [-0.05, 0) is 18.8 Å². The van der Waals surface area contributed by atoms with Gasteiger partial charge in [0.25, 0.3) is 0 Å². The van der Waals surface area contributed by atoms with Crippen molar-refractivity contribution in [1.82, 2.24) is 0 Å². The first kappa shape index (κ1) is 13.7. The maximum Gasteiger partial charge on any atom is 0.136 e. The summed E-state index contributed by atoms with van der Waals surface area (Å²) in [5, 5.41) is 0. The van der Waals surface area contributed by atoms with Crippen molar-refractivity contribution in [2.75, 3.05) is 0 Å². The van der Waals surface area contributed by atoms with E-state index >= 15 is 0 Å². The van der Waals surface area contributed by atoms with Crippen LogP contribution in [-0.2, 0) is 4.79 Å². The number of unbranched alkanes of at least 4 members (excludes halogenated alkanes) is 3. The lowest BCUT2D eigenvalue weighted by atomic mass is 9.87. The molecule has 0 aliphatic heterocycles. The van der Waals surface area contributed by atoms with E-state index in [2.05, 4.69) is 27.7 Å². The Morgan fingerprint density at radius 2 is 1.71 bits per heavy atom. The molecule has 14 heavy (non-hydrogen) atoms. The lowest BCUT2D eigenvalue weighted by Gasteiger charge is -2.17. The van der Waals surface area contributed by atoms with E-state index in [1.54, 1.807) is 0 Å². The Bertz CT molecular complexity index is 149. The van der Waals surface area contributed by atoms with Gasteiger partial charge in [0.15, 0.2) is 0 Å². The van der Waals surface area contributed by atoms with Crippen molar-refractivity contribution < 1.29 is 4.79 Å². The molecule has 0 heterocycles. The van der Waals surface area contributed by atoms with Gasteiger partial charge in [-0.2, -0.15) is 0 Å². The van der Waals surface area contributed by atoms with Gasteiger partial charge in [0.2, 0.25) is 0 Å². The zero-order chi connectivity index (χ0) is 11.0. The molecule has 0 fully saturated rings. The fraction of sp³-hybridized carbons (Fsp3) is 0.923. The van der Waals surface area contributed by atoms with Crippen molar-refractivity contribution in [1.29, 1.82) is 0 Å². The molecule has 84 valence electrons. The Morgan fingerprint density at radius 1 is 1.07 bits per heavy atom. The summed E-state index contributed by atoms with van der Waals surface area (Å²) >= 11 is 0. The number of carbonyl (C=O) groups excluding carboxylic acids is 1. The van der Waals surface area contributed by atoms with Crippen LogP contribution in [-0.4, -0.2) is 5.78 Å². The van der Waals surface area contributed by atoms with Gasteiger partial charge in [0.1, 0.15) is 5.78 Å². The molecular formula is C13H26O. The largest absolute Gasteiger partial charge is 0.299 e. The van der Waals surface area contributed by atoms with Crippen molar-refractivity contribution in [3.8, 4) is 0 Å². The van der Waals surface area contributed by atoms with Crippen LogP contribution in [0.25, 0.3) is 0 Å². The number of hydrogen-bond acceptors (Lipinski definition) is 1. The highest BCUT2D eigenvalue weighted by Crippen LogP contribution is 2.19. The predicted molar refractivity (Wildman–Crippen MR) is 62.4 cm³/mol. The normalized spacial score (nSPS) is 13.2. The summed E-state index contributed by atoms with van der Waals surface area (Å²) in [4.78, 5) is 11.8. The first-order chi connectivity index (χ1) is 6.63. The lowest BCUT2D eigenvalue weighted by molar-refractivity contribution is -0.124. The summed E-state index contributed by atoms with van der Waals surface area (Å²) in [5.74, 6) is 1.30. The van der Waals surface area contributed by atoms with Gasteiger partial charge in [-0.3, -0.25) is 4.79 Å². The molecular weight excluding hydrogens is 172 g/mol. The van der Waals surface area contributed by atoms with Crippen LogP contribution in [0.1, 0.15) is 66.2 Å². The summed E-state index contributed by atoms with van der Waals surface area (Å²) in [7, 11) is 0. The number of ketones is 1. The topological polar surface area (TPSA) is 17.1 Å². The molecule has 0 bridgehead atoms. The van der Waals surface area contributed by atoms with E-state index in [0.717, 1.165) is 19.3 Å². The van der Waals surface area contributed by atoms with Crippen molar-refractivity contribution in [3.63, 3.8) is 0 Å².